The molecule has 22 heavy (non-hydrogen) atoms. The van der Waals surface area contributed by atoms with Gasteiger partial charge in [-0.3, -0.25) is 14.5 Å². The average Bonchev–Trinajstić information content (AvgIpc) is 2.50. The van der Waals surface area contributed by atoms with E-state index in [0.717, 1.165) is 17.7 Å². The highest BCUT2D eigenvalue weighted by molar-refractivity contribution is 5.78. The number of carbonyl (C=O) groups is 2. The number of likely N-dealkylation sites (N-methyl/N-ethyl adjacent to an activating group) is 1. The number of nitrogens with zero attached hydrogens (tertiary/aromatic N) is 1. The van der Waals surface area contributed by atoms with Gasteiger partial charge in [-0.1, -0.05) is 19.1 Å². The fourth-order valence-electron chi connectivity index (χ4n) is 1.79. The molecule has 1 aromatic carbocycles. The summed E-state index contributed by atoms with van der Waals surface area (Å²) in [5, 5.41) is 11.4. The van der Waals surface area contributed by atoms with Gasteiger partial charge in [-0.25, -0.2) is 0 Å². The molecule has 0 heterocycles. The predicted octanol–water partition coefficient (Wildman–Crippen LogP) is 1.50. The molecule has 0 aliphatic rings. The lowest BCUT2D eigenvalue weighted by Gasteiger charge is -2.15. The molecular weight excluding hydrogens is 284 g/mol. The zero-order valence-electron chi connectivity index (χ0n) is 13.2. The molecule has 2 N–H and O–H groups in total. The minimum Gasteiger partial charge on any atom is -0.494 e. The second-order valence-electron chi connectivity index (χ2n) is 5.15. The molecular formula is C16H24N2O4. The van der Waals surface area contributed by atoms with E-state index < -0.39 is 5.97 Å². The van der Waals surface area contributed by atoms with Crippen molar-refractivity contribution in [3.63, 3.8) is 0 Å². The molecule has 0 aromatic heterocycles. The van der Waals surface area contributed by atoms with E-state index in [2.05, 4.69) is 12.2 Å². The Morgan fingerprint density at radius 3 is 2.55 bits per heavy atom. The van der Waals surface area contributed by atoms with Crippen molar-refractivity contribution in [1.29, 1.82) is 0 Å². The molecule has 1 rings (SSSR count). The monoisotopic (exact) mass is 308 g/mol. The molecule has 0 saturated heterocycles. The second kappa shape index (κ2) is 9.78. The summed E-state index contributed by atoms with van der Waals surface area (Å²) in [6.07, 6.45) is 0.996. The van der Waals surface area contributed by atoms with Gasteiger partial charge in [0, 0.05) is 13.1 Å². The largest absolute Gasteiger partial charge is 0.494 e. The maximum absolute atomic E-state index is 11.8. The van der Waals surface area contributed by atoms with Crippen LogP contribution >= 0.6 is 0 Å². The first-order valence-electron chi connectivity index (χ1n) is 7.40. The van der Waals surface area contributed by atoms with Crippen LogP contribution in [0.15, 0.2) is 24.3 Å². The van der Waals surface area contributed by atoms with E-state index in [1.807, 2.05) is 24.3 Å². The summed E-state index contributed by atoms with van der Waals surface area (Å²) in [5.74, 6) is -0.165. The second-order valence-corrected chi connectivity index (χ2v) is 5.15. The lowest BCUT2D eigenvalue weighted by atomic mass is 10.2. The standard InChI is InChI=1S/C16H24N2O4/c1-3-10-22-14-6-4-13(5-7-14)11-17-15(19)12-18(2)9-8-16(20)21/h4-7H,3,8-12H2,1-2H3,(H,17,19)(H,20,21). The van der Waals surface area contributed by atoms with E-state index in [1.165, 1.54) is 0 Å². The van der Waals surface area contributed by atoms with Crippen molar-refractivity contribution < 1.29 is 19.4 Å². The van der Waals surface area contributed by atoms with Crippen molar-refractivity contribution in [3.8, 4) is 5.75 Å². The van der Waals surface area contributed by atoms with Gasteiger partial charge in [-0.15, -0.1) is 0 Å². The first-order chi connectivity index (χ1) is 10.5. The molecule has 0 radical (unpaired) electrons. The van der Waals surface area contributed by atoms with Crippen molar-refractivity contribution >= 4 is 11.9 Å². The van der Waals surface area contributed by atoms with E-state index in [0.29, 0.717) is 19.7 Å². The van der Waals surface area contributed by atoms with Gasteiger partial charge < -0.3 is 15.2 Å². The fraction of sp³-hybridized carbons (Fsp3) is 0.500. The average molecular weight is 308 g/mol. The topological polar surface area (TPSA) is 78.9 Å². The van der Waals surface area contributed by atoms with Gasteiger partial charge in [-0.05, 0) is 31.2 Å². The minimum absolute atomic E-state index is 0.0308. The SMILES string of the molecule is CCCOc1ccc(CNC(=O)CN(C)CCC(=O)O)cc1. The molecule has 0 atom stereocenters. The molecule has 6 nitrogen and oxygen atoms in total. The van der Waals surface area contributed by atoms with E-state index in [-0.39, 0.29) is 18.9 Å². The van der Waals surface area contributed by atoms with Gasteiger partial charge in [0.1, 0.15) is 5.75 Å². The first kappa shape index (κ1) is 18.0. The Bertz CT molecular complexity index is 474. The third-order valence-electron chi connectivity index (χ3n) is 3.01. The van der Waals surface area contributed by atoms with Crippen LogP contribution in [0.25, 0.3) is 0 Å². The number of rotatable bonds is 10. The van der Waals surface area contributed by atoms with Gasteiger partial charge in [0.15, 0.2) is 0 Å². The van der Waals surface area contributed by atoms with Crippen LogP contribution in [-0.2, 0) is 16.1 Å². The molecule has 1 aromatic rings. The number of hydrogen-bond donors (Lipinski definition) is 2. The zero-order chi connectivity index (χ0) is 16.4. The van der Waals surface area contributed by atoms with Crippen LogP contribution in [0.4, 0.5) is 0 Å². The molecule has 6 heteroatoms. The molecule has 0 aliphatic carbocycles. The van der Waals surface area contributed by atoms with E-state index in [9.17, 15) is 9.59 Å². The van der Waals surface area contributed by atoms with Crippen molar-refractivity contribution in [2.45, 2.75) is 26.3 Å². The van der Waals surface area contributed by atoms with Crippen LogP contribution < -0.4 is 10.1 Å². The van der Waals surface area contributed by atoms with E-state index in [4.69, 9.17) is 9.84 Å². The van der Waals surface area contributed by atoms with Crippen LogP contribution in [0.2, 0.25) is 0 Å². The van der Waals surface area contributed by atoms with Crippen LogP contribution in [0.3, 0.4) is 0 Å². The summed E-state index contributed by atoms with van der Waals surface area (Å²) in [6, 6.07) is 7.60. The zero-order valence-corrected chi connectivity index (χ0v) is 13.2. The van der Waals surface area contributed by atoms with Crippen molar-refractivity contribution in [1.82, 2.24) is 10.2 Å². The van der Waals surface area contributed by atoms with Gasteiger partial charge >= 0.3 is 5.97 Å². The summed E-state index contributed by atoms with van der Waals surface area (Å²) in [5.41, 5.74) is 0.991. The number of carboxylic acids is 1. The van der Waals surface area contributed by atoms with Crippen molar-refractivity contribution in [3.05, 3.63) is 29.8 Å². The molecule has 0 bridgehead atoms. The molecule has 0 saturated carbocycles. The Labute approximate surface area is 131 Å². The smallest absolute Gasteiger partial charge is 0.304 e. The summed E-state index contributed by atoms with van der Waals surface area (Å²) in [6.45, 7) is 3.73. The van der Waals surface area contributed by atoms with Crippen molar-refractivity contribution in [2.75, 3.05) is 26.7 Å². The van der Waals surface area contributed by atoms with Gasteiger partial charge in [0.25, 0.3) is 0 Å². The highest BCUT2D eigenvalue weighted by Gasteiger charge is 2.08. The quantitative estimate of drug-likeness (QED) is 0.685. The Morgan fingerprint density at radius 2 is 1.95 bits per heavy atom. The fourth-order valence-corrected chi connectivity index (χ4v) is 1.79. The Balaban J connectivity index is 2.29. The number of benzene rings is 1. The Morgan fingerprint density at radius 1 is 1.27 bits per heavy atom. The highest BCUT2D eigenvalue weighted by atomic mass is 16.5. The lowest BCUT2D eigenvalue weighted by molar-refractivity contribution is -0.137. The highest BCUT2D eigenvalue weighted by Crippen LogP contribution is 2.12. The Kier molecular flexibility index (Phi) is 7.99. The third-order valence-corrected chi connectivity index (χ3v) is 3.01. The minimum atomic E-state index is -0.863. The predicted molar refractivity (Wildman–Crippen MR) is 83.8 cm³/mol. The number of amides is 1. The molecule has 122 valence electrons. The summed E-state index contributed by atoms with van der Waals surface area (Å²) in [7, 11) is 1.72. The summed E-state index contributed by atoms with van der Waals surface area (Å²) < 4.78 is 5.49. The molecule has 0 spiro atoms. The molecule has 0 unspecified atom stereocenters. The third kappa shape index (κ3) is 7.64. The number of nitrogens with one attached hydrogen (secondary N) is 1. The van der Waals surface area contributed by atoms with Crippen LogP contribution in [0.1, 0.15) is 25.3 Å². The van der Waals surface area contributed by atoms with E-state index >= 15 is 0 Å². The molecule has 0 fully saturated rings. The summed E-state index contributed by atoms with van der Waals surface area (Å²) in [4.78, 5) is 23.9. The maximum atomic E-state index is 11.8. The summed E-state index contributed by atoms with van der Waals surface area (Å²) >= 11 is 0. The number of hydrogen-bond acceptors (Lipinski definition) is 4. The number of ether oxygens (including phenoxy) is 1. The van der Waals surface area contributed by atoms with Crippen molar-refractivity contribution in [2.24, 2.45) is 0 Å². The van der Waals surface area contributed by atoms with E-state index in [1.54, 1.807) is 11.9 Å². The van der Waals surface area contributed by atoms with Gasteiger partial charge in [-0.2, -0.15) is 0 Å². The van der Waals surface area contributed by atoms with Crippen LogP contribution in [0, 0.1) is 0 Å². The number of carbonyl (C=O) groups excluding carboxylic acids is 1. The molecule has 1 amide bonds. The lowest BCUT2D eigenvalue weighted by Crippen LogP contribution is -2.35. The normalized spacial score (nSPS) is 10.5. The number of carboxylic acid groups (broad SMARTS) is 1. The first-order valence-corrected chi connectivity index (χ1v) is 7.40. The van der Waals surface area contributed by atoms with Gasteiger partial charge in [0.2, 0.25) is 5.91 Å². The van der Waals surface area contributed by atoms with Crippen LogP contribution in [-0.4, -0.2) is 48.6 Å². The van der Waals surface area contributed by atoms with Gasteiger partial charge in [0.05, 0.1) is 19.6 Å². The number of aliphatic carboxylic acids is 1. The van der Waals surface area contributed by atoms with Crippen LogP contribution in [0.5, 0.6) is 5.75 Å². The molecule has 0 aliphatic heterocycles. The maximum Gasteiger partial charge on any atom is 0.304 e. The Hall–Kier alpha value is -2.08.